The Balaban J connectivity index is 1.73. The van der Waals surface area contributed by atoms with Gasteiger partial charge in [-0.25, -0.2) is 4.98 Å². The summed E-state index contributed by atoms with van der Waals surface area (Å²) in [6.45, 7) is 3.02. The van der Waals surface area contributed by atoms with Crippen molar-refractivity contribution in [3.63, 3.8) is 0 Å². The fourth-order valence-electron chi connectivity index (χ4n) is 2.02. The Bertz CT molecular complexity index is 464. The molecule has 0 atom stereocenters. The van der Waals surface area contributed by atoms with Crippen molar-refractivity contribution in [3.8, 4) is 0 Å². The maximum atomic E-state index is 5.77. The van der Waals surface area contributed by atoms with Crippen LogP contribution in [-0.2, 0) is 13.1 Å². The van der Waals surface area contributed by atoms with Gasteiger partial charge in [0.25, 0.3) is 0 Å². The summed E-state index contributed by atoms with van der Waals surface area (Å²) in [6.07, 6.45) is 6.79. The van der Waals surface area contributed by atoms with E-state index in [1.807, 2.05) is 36.9 Å². The minimum Gasteiger partial charge on any atom is -0.399 e. The van der Waals surface area contributed by atoms with E-state index in [2.05, 4.69) is 27.6 Å². The number of anilines is 1. The summed E-state index contributed by atoms with van der Waals surface area (Å²) in [5, 5.41) is 0. The summed E-state index contributed by atoms with van der Waals surface area (Å²) in [4.78, 5) is 6.34. The van der Waals surface area contributed by atoms with Gasteiger partial charge in [0.2, 0.25) is 0 Å². The van der Waals surface area contributed by atoms with Crippen molar-refractivity contribution in [1.82, 2.24) is 14.5 Å². The molecule has 96 valence electrons. The standard InChI is InChI=1S/C14H20N4/c1-17(7-3-8-18-9-6-16-12-18)11-13-4-2-5-14(15)10-13/h2,4-6,9-10,12H,3,7-8,11,15H2,1H3. The van der Waals surface area contributed by atoms with Crippen LogP contribution in [0.1, 0.15) is 12.0 Å². The maximum Gasteiger partial charge on any atom is 0.0945 e. The Labute approximate surface area is 108 Å². The van der Waals surface area contributed by atoms with Gasteiger partial charge < -0.3 is 15.2 Å². The number of imidazole rings is 1. The van der Waals surface area contributed by atoms with Crippen molar-refractivity contribution in [2.45, 2.75) is 19.5 Å². The molecule has 0 unspecified atom stereocenters. The monoisotopic (exact) mass is 244 g/mol. The molecule has 0 aliphatic rings. The van der Waals surface area contributed by atoms with Crippen molar-refractivity contribution >= 4 is 5.69 Å². The lowest BCUT2D eigenvalue weighted by Gasteiger charge is -2.17. The highest BCUT2D eigenvalue weighted by molar-refractivity contribution is 5.40. The highest BCUT2D eigenvalue weighted by atomic mass is 15.1. The Morgan fingerprint density at radius 2 is 2.28 bits per heavy atom. The topological polar surface area (TPSA) is 47.1 Å². The van der Waals surface area contributed by atoms with E-state index in [1.165, 1.54) is 5.56 Å². The second-order valence-electron chi connectivity index (χ2n) is 4.64. The molecule has 2 aromatic rings. The summed E-state index contributed by atoms with van der Waals surface area (Å²) >= 11 is 0. The Kier molecular flexibility index (Phi) is 4.36. The third-order valence-corrected chi connectivity index (χ3v) is 2.92. The smallest absolute Gasteiger partial charge is 0.0945 e. The van der Waals surface area contributed by atoms with Crippen molar-refractivity contribution < 1.29 is 0 Å². The molecule has 2 N–H and O–H groups in total. The van der Waals surface area contributed by atoms with Crippen LogP contribution >= 0.6 is 0 Å². The number of benzene rings is 1. The SMILES string of the molecule is CN(CCCn1ccnc1)Cc1cccc(N)c1. The van der Waals surface area contributed by atoms with Crippen LogP contribution in [0.5, 0.6) is 0 Å². The van der Waals surface area contributed by atoms with Crippen LogP contribution in [0.15, 0.2) is 43.0 Å². The molecule has 2 rings (SSSR count). The summed E-state index contributed by atoms with van der Waals surface area (Å²) in [5.41, 5.74) is 7.87. The first-order valence-corrected chi connectivity index (χ1v) is 6.23. The minimum atomic E-state index is 0.833. The van der Waals surface area contributed by atoms with Crippen LogP contribution < -0.4 is 5.73 Å². The largest absolute Gasteiger partial charge is 0.399 e. The van der Waals surface area contributed by atoms with Crippen LogP contribution in [0.25, 0.3) is 0 Å². The van der Waals surface area contributed by atoms with E-state index in [4.69, 9.17) is 5.73 Å². The van der Waals surface area contributed by atoms with Crippen LogP contribution in [0, 0.1) is 0 Å². The molecule has 0 amide bonds. The van der Waals surface area contributed by atoms with Gasteiger partial charge >= 0.3 is 0 Å². The number of hydrogen-bond acceptors (Lipinski definition) is 3. The molecule has 0 bridgehead atoms. The zero-order valence-electron chi connectivity index (χ0n) is 10.8. The number of nitrogens with two attached hydrogens (primary N) is 1. The third-order valence-electron chi connectivity index (χ3n) is 2.92. The second-order valence-corrected chi connectivity index (χ2v) is 4.64. The van der Waals surface area contributed by atoms with Gasteiger partial charge in [0, 0.05) is 31.2 Å². The highest BCUT2D eigenvalue weighted by Crippen LogP contribution is 2.08. The Hall–Kier alpha value is -1.81. The Morgan fingerprint density at radius 3 is 3.00 bits per heavy atom. The lowest BCUT2D eigenvalue weighted by Crippen LogP contribution is -2.20. The Morgan fingerprint density at radius 1 is 1.39 bits per heavy atom. The average Bonchev–Trinajstić information content (AvgIpc) is 2.82. The molecule has 0 aliphatic carbocycles. The lowest BCUT2D eigenvalue weighted by molar-refractivity contribution is 0.314. The maximum absolute atomic E-state index is 5.77. The second kappa shape index (κ2) is 6.21. The molecule has 18 heavy (non-hydrogen) atoms. The fourth-order valence-corrected chi connectivity index (χ4v) is 2.02. The minimum absolute atomic E-state index is 0.833. The highest BCUT2D eigenvalue weighted by Gasteiger charge is 2.00. The van der Waals surface area contributed by atoms with Crippen LogP contribution in [0.2, 0.25) is 0 Å². The van der Waals surface area contributed by atoms with Gasteiger partial charge in [-0.05, 0) is 37.7 Å². The molecule has 1 heterocycles. The van der Waals surface area contributed by atoms with Crippen LogP contribution in [0.4, 0.5) is 5.69 Å². The molecular formula is C14H20N4. The molecule has 0 saturated heterocycles. The van der Waals surface area contributed by atoms with Gasteiger partial charge in [0.1, 0.15) is 0 Å². The first-order chi connectivity index (χ1) is 8.74. The van der Waals surface area contributed by atoms with E-state index < -0.39 is 0 Å². The van der Waals surface area contributed by atoms with Gasteiger partial charge in [-0.15, -0.1) is 0 Å². The molecule has 4 heteroatoms. The number of nitrogen functional groups attached to an aromatic ring is 1. The van der Waals surface area contributed by atoms with Crippen LogP contribution in [-0.4, -0.2) is 28.0 Å². The van der Waals surface area contributed by atoms with E-state index in [1.54, 1.807) is 0 Å². The first-order valence-electron chi connectivity index (χ1n) is 6.23. The summed E-state index contributed by atoms with van der Waals surface area (Å²) in [7, 11) is 2.14. The molecule has 1 aromatic heterocycles. The third kappa shape index (κ3) is 3.89. The molecule has 0 aliphatic heterocycles. The number of hydrogen-bond donors (Lipinski definition) is 1. The number of aromatic nitrogens is 2. The fraction of sp³-hybridized carbons (Fsp3) is 0.357. The van der Waals surface area contributed by atoms with E-state index >= 15 is 0 Å². The zero-order valence-corrected chi connectivity index (χ0v) is 10.8. The van der Waals surface area contributed by atoms with E-state index in [-0.39, 0.29) is 0 Å². The first kappa shape index (κ1) is 12.6. The van der Waals surface area contributed by atoms with E-state index in [0.717, 1.165) is 31.7 Å². The average molecular weight is 244 g/mol. The van der Waals surface area contributed by atoms with Crippen LogP contribution in [0.3, 0.4) is 0 Å². The predicted octanol–water partition coefficient (Wildman–Crippen LogP) is 1.99. The molecular weight excluding hydrogens is 224 g/mol. The van der Waals surface area contributed by atoms with Gasteiger partial charge in [0.15, 0.2) is 0 Å². The molecule has 0 fully saturated rings. The summed E-state index contributed by atoms with van der Waals surface area (Å²) < 4.78 is 2.11. The summed E-state index contributed by atoms with van der Waals surface area (Å²) in [5.74, 6) is 0. The quantitative estimate of drug-likeness (QED) is 0.790. The predicted molar refractivity (Wildman–Crippen MR) is 74.0 cm³/mol. The van der Waals surface area contributed by atoms with E-state index in [0.29, 0.717) is 0 Å². The summed E-state index contributed by atoms with van der Waals surface area (Å²) in [6, 6.07) is 8.07. The number of aryl methyl sites for hydroxylation is 1. The van der Waals surface area contributed by atoms with Crippen molar-refractivity contribution in [1.29, 1.82) is 0 Å². The molecule has 0 saturated carbocycles. The molecule has 0 radical (unpaired) electrons. The van der Waals surface area contributed by atoms with Gasteiger partial charge in [-0.1, -0.05) is 12.1 Å². The normalized spacial score (nSPS) is 11.0. The van der Waals surface area contributed by atoms with E-state index in [9.17, 15) is 0 Å². The molecule has 4 nitrogen and oxygen atoms in total. The van der Waals surface area contributed by atoms with Crippen molar-refractivity contribution in [2.75, 3.05) is 19.3 Å². The van der Waals surface area contributed by atoms with Gasteiger partial charge in [0.05, 0.1) is 6.33 Å². The van der Waals surface area contributed by atoms with Gasteiger partial charge in [-0.3, -0.25) is 0 Å². The lowest BCUT2D eigenvalue weighted by atomic mass is 10.2. The van der Waals surface area contributed by atoms with Crippen molar-refractivity contribution in [2.24, 2.45) is 0 Å². The molecule has 1 aromatic carbocycles. The molecule has 0 spiro atoms. The zero-order chi connectivity index (χ0) is 12.8. The number of rotatable bonds is 6. The van der Waals surface area contributed by atoms with Crippen molar-refractivity contribution in [3.05, 3.63) is 48.5 Å². The van der Waals surface area contributed by atoms with Gasteiger partial charge in [-0.2, -0.15) is 0 Å². The number of nitrogens with zero attached hydrogens (tertiary/aromatic N) is 3.